The molecule has 0 amide bonds. The maximum Gasteiger partial charge on any atom is 0.238 e. The van der Waals surface area contributed by atoms with E-state index in [0.717, 1.165) is 12.1 Å². The molecule has 0 atom stereocenters. The van der Waals surface area contributed by atoms with Gasteiger partial charge in [-0.05, 0) is 36.2 Å². The lowest BCUT2D eigenvalue weighted by atomic mass is 10.1. The molecular formula is C15H13F2N3O2S. The monoisotopic (exact) mass is 337 g/mol. The first kappa shape index (κ1) is 16.9. The van der Waals surface area contributed by atoms with Crippen molar-refractivity contribution in [3.63, 3.8) is 0 Å². The van der Waals surface area contributed by atoms with Crippen LogP contribution in [0.4, 0.5) is 14.5 Å². The van der Waals surface area contributed by atoms with Gasteiger partial charge in [-0.1, -0.05) is 6.07 Å². The molecule has 0 aromatic heterocycles. The predicted octanol–water partition coefficient (Wildman–Crippen LogP) is 2.14. The second-order valence-electron chi connectivity index (χ2n) is 4.78. The lowest BCUT2D eigenvalue weighted by molar-refractivity contribution is 0.572. The second kappa shape index (κ2) is 6.73. The van der Waals surface area contributed by atoms with E-state index in [0.29, 0.717) is 11.3 Å². The molecule has 5 nitrogen and oxygen atoms in total. The number of primary sulfonamides is 1. The topological polar surface area (TPSA) is 96.0 Å². The molecule has 3 N–H and O–H groups in total. The molecule has 23 heavy (non-hydrogen) atoms. The van der Waals surface area contributed by atoms with Crippen molar-refractivity contribution in [3.8, 4) is 6.07 Å². The number of rotatable bonds is 5. The van der Waals surface area contributed by atoms with Crippen molar-refractivity contribution in [3.05, 3.63) is 59.2 Å². The fourth-order valence-corrected chi connectivity index (χ4v) is 2.54. The molecule has 0 spiro atoms. The summed E-state index contributed by atoms with van der Waals surface area (Å²) in [7, 11) is -3.89. The van der Waals surface area contributed by atoms with Crippen LogP contribution in [-0.4, -0.2) is 15.0 Å². The number of nitriles is 1. The van der Waals surface area contributed by atoms with Gasteiger partial charge in [0.25, 0.3) is 0 Å². The third-order valence-electron chi connectivity index (χ3n) is 3.16. The summed E-state index contributed by atoms with van der Waals surface area (Å²) < 4.78 is 48.8. The van der Waals surface area contributed by atoms with Gasteiger partial charge in [0.1, 0.15) is 17.7 Å². The minimum Gasteiger partial charge on any atom is -0.384 e. The third kappa shape index (κ3) is 4.25. The zero-order valence-electron chi connectivity index (χ0n) is 11.9. The number of nitrogens with zero attached hydrogens (tertiary/aromatic N) is 1. The third-order valence-corrected chi connectivity index (χ3v) is 4.08. The van der Waals surface area contributed by atoms with Crippen LogP contribution in [0.1, 0.15) is 11.1 Å². The molecule has 2 rings (SSSR count). The van der Waals surface area contributed by atoms with Crippen molar-refractivity contribution in [1.82, 2.24) is 0 Å². The zero-order valence-corrected chi connectivity index (χ0v) is 12.7. The first-order chi connectivity index (χ1) is 10.8. The summed E-state index contributed by atoms with van der Waals surface area (Å²) in [6.45, 7) is 0.284. The SMILES string of the molecule is N#Cc1cc(S(N)(=O)=O)ccc1NCCc1ccc(F)cc1F. The lowest BCUT2D eigenvalue weighted by Gasteiger charge is -2.10. The number of nitrogens with one attached hydrogen (secondary N) is 1. The highest BCUT2D eigenvalue weighted by Gasteiger charge is 2.11. The summed E-state index contributed by atoms with van der Waals surface area (Å²) in [5.74, 6) is -1.29. The van der Waals surface area contributed by atoms with Gasteiger partial charge in [0.15, 0.2) is 0 Å². The van der Waals surface area contributed by atoms with E-state index in [-0.39, 0.29) is 23.4 Å². The summed E-state index contributed by atoms with van der Waals surface area (Å²) in [6, 6.07) is 9.04. The largest absolute Gasteiger partial charge is 0.384 e. The van der Waals surface area contributed by atoms with E-state index in [1.165, 1.54) is 24.3 Å². The molecule has 0 aliphatic heterocycles. The van der Waals surface area contributed by atoms with Crippen LogP contribution in [0, 0.1) is 23.0 Å². The molecule has 120 valence electrons. The fraction of sp³-hybridized carbons (Fsp3) is 0.133. The minimum absolute atomic E-state index is 0.108. The van der Waals surface area contributed by atoms with E-state index >= 15 is 0 Å². The maximum absolute atomic E-state index is 13.5. The molecule has 0 bridgehead atoms. The minimum atomic E-state index is -3.89. The summed E-state index contributed by atoms with van der Waals surface area (Å²) in [5.41, 5.74) is 0.845. The molecule has 0 fully saturated rings. The second-order valence-corrected chi connectivity index (χ2v) is 6.34. The maximum atomic E-state index is 13.5. The molecular weight excluding hydrogens is 324 g/mol. The predicted molar refractivity (Wildman–Crippen MR) is 81.1 cm³/mol. The van der Waals surface area contributed by atoms with E-state index in [4.69, 9.17) is 10.4 Å². The molecule has 0 saturated heterocycles. The van der Waals surface area contributed by atoms with Crippen LogP contribution < -0.4 is 10.5 Å². The van der Waals surface area contributed by atoms with Crippen molar-refractivity contribution < 1.29 is 17.2 Å². The molecule has 0 aliphatic rings. The molecule has 0 heterocycles. The van der Waals surface area contributed by atoms with E-state index in [9.17, 15) is 17.2 Å². The van der Waals surface area contributed by atoms with Gasteiger partial charge >= 0.3 is 0 Å². The lowest BCUT2D eigenvalue weighted by Crippen LogP contribution is -2.13. The van der Waals surface area contributed by atoms with E-state index in [2.05, 4.69) is 5.32 Å². The molecule has 0 aliphatic carbocycles. The number of hydrogen-bond donors (Lipinski definition) is 2. The summed E-state index contributed by atoms with van der Waals surface area (Å²) in [6.07, 6.45) is 0.272. The summed E-state index contributed by atoms with van der Waals surface area (Å²) in [5, 5.41) is 17.0. The van der Waals surface area contributed by atoms with Gasteiger partial charge in [0.05, 0.1) is 16.1 Å². The normalized spacial score (nSPS) is 11.0. The zero-order chi connectivity index (χ0) is 17.0. The average molecular weight is 337 g/mol. The molecule has 2 aromatic carbocycles. The van der Waals surface area contributed by atoms with Gasteiger partial charge in [0.2, 0.25) is 10.0 Å². The molecule has 2 aromatic rings. The first-order valence-electron chi connectivity index (χ1n) is 6.56. The van der Waals surface area contributed by atoms with Gasteiger partial charge in [-0.25, -0.2) is 22.3 Å². The van der Waals surface area contributed by atoms with Gasteiger partial charge in [-0.3, -0.25) is 0 Å². The van der Waals surface area contributed by atoms with Gasteiger partial charge < -0.3 is 5.32 Å². The van der Waals surface area contributed by atoms with Gasteiger partial charge in [0, 0.05) is 12.6 Å². The highest BCUT2D eigenvalue weighted by Crippen LogP contribution is 2.19. The Hall–Kier alpha value is -2.50. The number of nitrogens with two attached hydrogens (primary N) is 1. The molecule has 8 heteroatoms. The number of sulfonamides is 1. The van der Waals surface area contributed by atoms with Crippen LogP contribution >= 0.6 is 0 Å². The number of anilines is 1. The van der Waals surface area contributed by atoms with Crippen molar-refractivity contribution >= 4 is 15.7 Å². The standard InChI is InChI=1S/C15H13F2N3O2S/c16-12-2-1-10(14(17)8-12)5-6-20-15-4-3-13(23(19,21)22)7-11(15)9-18/h1-4,7-8,20H,5-6H2,(H2,19,21,22). The fourth-order valence-electron chi connectivity index (χ4n) is 2.00. The summed E-state index contributed by atoms with van der Waals surface area (Å²) in [4.78, 5) is -0.163. The van der Waals surface area contributed by atoms with Gasteiger partial charge in [-0.2, -0.15) is 5.26 Å². The van der Waals surface area contributed by atoms with E-state index in [1.807, 2.05) is 6.07 Å². The Balaban J connectivity index is 2.10. The van der Waals surface area contributed by atoms with Crippen LogP contribution in [0.5, 0.6) is 0 Å². The number of benzene rings is 2. The van der Waals surface area contributed by atoms with Crippen molar-refractivity contribution in [2.24, 2.45) is 5.14 Å². The Morgan fingerprint density at radius 3 is 2.52 bits per heavy atom. The average Bonchev–Trinajstić information content (AvgIpc) is 2.48. The Labute approximate surface area is 132 Å². The molecule has 0 unspecified atom stereocenters. The Morgan fingerprint density at radius 1 is 1.17 bits per heavy atom. The number of halogens is 2. The Morgan fingerprint density at radius 2 is 1.91 bits per heavy atom. The van der Waals surface area contributed by atoms with E-state index < -0.39 is 21.7 Å². The smallest absolute Gasteiger partial charge is 0.238 e. The van der Waals surface area contributed by atoms with Crippen molar-refractivity contribution in [2.45, 2.75) is 11.3 Å². The van der Waals surface area contributed by atoms with Crippen LogP contribution in [0.3, 0.4) is 0 Å². The quantitative estimate of drug-likeness (QED) is 0.873. The molecule has 0 saturated carbocycles. The van der Waals surface area contributed by atoms with Gasteiger partial charge in [-0.15, -0.1) is 0 Å². The van der Waals surface area contributed by atoms with Crippen LogP contribution in [0.15, 0.2) is 41.3 Å². The van der Waals surface area contributed by atoms with Crippen molar-refractivity contribution in [2.75, 3.05) is 11.9 Å². The van der Waals surface area contributed by atoms with Crippen LogP contribution in [0.2, 0.25) is 0 Å². The number of hydrogen-bond acceptors (Lipinski definition) is 4. The summed E-state index contributed by atoms with van der Waals surface area (Å²) >= 11 is 0. The Kier molecular flexibility index (Phi) is 4.93. The highest BCUT2D eigenvalue weighted by molar-refractivity contribution is 7.89. The molecule has 0 radical (unpaired) electrons. The Bertz CT molecular complexity index is 877. The van der Waals surface area contributed by atoms with E-state index in [1.54, 1.807) is 0 Å². The van der Waals surface area contributed by atoms with Crippen molar-refractivity contribution in [1.29, 1.82) is 5.26 Å². The first-order valence-corrected chi connectivity index (χ1v) is 8.10. The van der Waals surface area contributed by atoms with Crippen LogP contribution in [-0.2, 0) is 16.4 Å². The van der Waals surface area contributed by atoms with Crippen LogP contribution in [0.25, 0.3) is 0 Å². The highest BCUT2D eigenvalue weighted by atomic mass is 32.2.